The van der Waals surface area contributed by atoms with Crippen molar-refractivity contribution in [3.05, 3.63) is 46.2 Å². The molecule has 36 heavy (non-hydrogen) atoms. The van der Waals surface area contributed by atoms with Crippen LogP contribution in [-0.4, -0.2) is 55.0 Å². The normalized spacial score (nSPS) is 12.9. The van der Waals surface area contributed by atoms with Crippen molar-refractivity contribution in [3.63, 3.8) is 0 Å². The summed E-state index contributed by atoms with van der Waals surface area (Å²) in [5.74, 6) is 1.53. The number of carbonyl (C=O) groups is 2. The van der Waals surface area contributed by atoms with E-state index >= 15 is 0 Å². The van der Waals surface area contributed by atoms with Crippen molar-refractivity contribution in [2.75, 3.05) is 27.3 Å². The molecule has 6 nitrogen and oxygen atoms in total. The number of amides is 2. The number of unbranched alkanes of at least 4 members (excludes halogenated alkanes) is 5. The fourth-order valence-electron chi connectivity index (χ4n) is 4.44. The van der Waals surface area contributed by atoms with Crippen LogP contribution >= 0.6 is 11.3 Å². The van der Waals surface area contributed by atoms with Crippen LogP contribution in [0, 0.1) is 0 Å². The number of thiophene rings is 1. The van der Waals surface area contributed by atoms with E-state index in [1.807, 2.05) is 39.4 Å². The Morgan fingerprint density at radius 3 is 2.39 bits per heavy atom. The van der Waals surface area contributed by atoms with Gasteiger partial charge in [-0.15, -0.1) is 11.3 Å². The van der Waals surface area contributed by atoms with Crippen LogP contribution in [0.25, 0.3) is 0 Å². The Kier molecular flexibility index (Phi) is 11.6. The number of hydrogen-bond donors (Lipinski definition) is 0. The van der Waals surface area contributed by atoms with Crippen LogP contribution in [0.5, 0.6) is 11.5 Å². The topological polar surface area (TPSA) is 59.1 Å². The third-order valence-corrected chi connectivity index (χ3v) is 7.62. The van der Waals surface area contributed by atoms with E-state index in [4.69, 9.17) is 9.47 Å². The predicted octanol–water partition coefficient (Wildman–Crippen LogP) is 6.08. The number of nitrogens with zero attached hydrogens (tertiary/aromatic N) is 2. The molecule has 0 aliphatic heterocycles. The maximum absolute atomic E-state index is 13.5. The molecular weight excluding hydrogens is 472 g/mol. The van der Waals surface area contributed by atoms with Crippen molar-refractivity contribution in [1.82, 2.24) is 9.80 Å². The van der Waals surface area contributed by atoms with E-state index in [9.17, 15) is 9.59 Å². The largest absolute Gasteiger partial charge is 0.493 e. The van der Waals surface area contributed by atoms with Crippen LogP contribution in [0.3, 0.4) is 0 Å². The summed E-state index contributed by atoms with van der Waals surface area (Å²) in [6, 6.07) is 10.2. The Hall–Kier alpha value is -2.54. The number of methoxy groups -OCH3 is 2. The van der Waals surface area contributed by atoms with E-state index in [0.717, 1.165) is 36.1 Å². The number of benzene rings is 1. The lowest BCUT2D eigenvalue weighted by molar-refractivity contribution is -0.141. The Morgan fingerprint density at radius 2 is 1.72 bits per heavy atom. The summed E-state index contributed by atoms with van der Waals surface area (Å²) in [5, 5.41) is 2.03. The van der Waals surface area contributed by atoms with Crippen LogP contribution < -0.4 is 9.47 Å². The van der Waals surface area contributed by atoms with Crippen LogP contribution in [0.15, 0.2) is 35.7 Å². The molecule has 198 valence electrons. The molecule has 1 fully saturated rings. The molecule has 0 unspecified atom stereocenters. The third kappa shape index (κ3) is 8.84. The summed E-state index contributed by atoms with van der Waals surface area (Å²) in [7, 11) is 3.25. The second-order valence-electron chi connectivity index (χ2n) is 9.60. The van der Waals surface area contributed by atoms with Crippen molar-refractivity contribution in [1.29, 1.82) is 0 Å². The fourth-order valence-corrected chi connectivity index (χ4v) is 5.16. The summed E-state index contributed by atoms with van der Waals surface area (Å²) in [5.41, 5.74) is 1.08. The highest BCUT2D eigenvalue weighted by atomic mass is 32.1. The van der Waals surface area contributed by atoms with Gasteiger partial charge >= 0.3 is 0 Å². The molecule has 7 heteroatoms. The first-order valence-electron chi connectivity index (χ1n) is 13.4. The van der Waals surface area contributed by atoms with Crippen LogP contribution in [0.1, 0.15) is 75.2 Å². The van der Waals surface area contributed by atoms with E-state index in [1.165, 1.54) is 25.7 Å². The lowest BCUT2D eigenvalue weighted by atomic mass is 10.1. The second-order valence-corrected chi connectivity index (χ2v) is 10.6. The molecule has 1 aromatic carbocycles. The molecule has 2 amide bonds. The van der Waals surface area contributed by atoms with Crippen molar-refractivity contribution in [2.24, 2.45) is 0 Å². The van der Waals surface area contributed by atoms with Crippen molar-refractivity contribution in [2.45, 2.75) is 83.7 Å². The summed E-state index contributed by atoms with van der Waals surface area (Å²) >= 11 is 1.65. The van der Waals surface area contributed by atoms with Crippen molar-refractivity contribution < 1.29 is 19.1 Å². The molecule has 1 saturated carbocycles. The first kappa shape index (κ1) is 28.0. The van der Waals surface area contributed by atoms with Crippen LogP contribution in [-0.2, 0) is 22.6 Å². The van der Waals surface area contributed by atoms with Gasteiger partial charge in [0.1, 0.15) is 6.54 Å². The monoisotopic (exact) mass is 514 g/mol. The summed E-state index contributed by atoms with van der Waals surface area (Å²) < 4.78 is 10.8. The van der Waals surface area contributed by atoms with Gasteiger partial charge < -0.3 is 19.3 Å². The zero-order valence-corrected chi connectivity index (χ0v) is 23.0. The molecule has 2 aromatic rings. The first-order chi connectivity index (χ1) is 17.5. The molecule has 0 bridgehead atoms. The molecule has 0 spiro atoms. The third-order valence-electron chi connectivity index (χ3n) is 6.76. The quantitative estimate of drug-likeness (QED) is 0.240. The maximum Gasteiger partial charge on any atom is 0.242 e. The minimum Gasteiger partial charge on any atom is -0.493 e. The molecule has 0 saturated heterocycles. The lowest BCUT2D eigenvalue weighted by Crippen LogP contribution is -2.44. The second kappa shape index (κ2) is 14.9. The van der Waals surface area contributed by atoms with E-state index in [-0.39, 0.29) is 24.4 Å². The highest BCUT2D eigenvalue weighted by molar-refractivity contribution is 7.09. The zero-order chi connectivity index (χ0) is 25.8. The molecule has 1 aliphatic rings. The van der Waals surface area contributed by atoms with Crippen molar-refractivity contribution in [3.8, 4) is 11.5 Å². The Morgan fingerprint density at radius 1 is 0.972 bits per heavy atom. The molecule has 1 heterocycles. The van der Waals surface area contributed by atoms with Crippen LogP contribution in [0.4, 0.5) is 0 Å². The van der Waals surface area contributed by atoms with E-state index in [2.05, 4.69) is 13.0 Å². The smallest absolute Gasteiger partial charge is 0.242 e. The van der Waals surface area contributed by atoms with Gasteiger partial charge in [-0.05, 0) is 54.8 Å². The van der Waals surface area contributed by atoms with Gasteiger partial charge in [0.2, 0.25) is 11.8 Å². The van der Waals surface area contributed by atoms with Gasteiger partial charge in [-0.25, -0.2) is 0 Å². The summed E-state index contributed by atoms with van der Waals surface area (Å²) in [6.07, 6.45) is 10.2. The molecule has 0 N–H and O–H groups in total. The number of rotatable bonds is 17. The van der Waals surface area contributed by atoms with Crippen LogP contribution in [0.2, 0.25) is 0 Å². The molecule has 0 atom stereocenters. The number of ether oxygens (including phenoxy) is 2. The summed E-state index contributed by atoms with van der Waals surface area (Å²) in [6.45, 7) is 3.53. The number of carbonyl (C=O) groups excluding carboxylic acids is 2. The Bertz CT molecular complexity index is 943. The van der Waals surface area contributed by atoms with Gasteiger partial charge in [-0.2, -0.15) is 0 Å². The number of hydrogen-bond acceptors (Lipinski definition) is 5. The highest BCUT2D eigenvalue weighted by Gasteiger charge is 2.34. The van der Waals surface area contributed by atoms with E-state index in [0.29, 0.717) is 37.4 Å². The van der Waals surface area contributed by atoms with E-state index < -0.39 is 0 Å². The highest BCUT2D eigenvalue weighted by Crippen LogP contribution is 2.29. The maximum atomic E-state index is 13.5. The van der Waals surface area contributed by atoms with Gasteiger partial charge in [0, 0.05) is 23.9 Å². The lowest BCUT2D eigenvalue weighted by Gasteiger charge is -2.28. The van der Waals surface area contributed by atoms with Crippen molar-refractivity contribution >= 4 is 23.2 Å². The molecule has 0 radical (unpaired) electrons. The van der Waals surface area contributed by atoms with E-state index in [1.54, 1.807) is 25.6 Å². The fraction of sp³-hybridized carbons (Fsp3) is 0.586. The molecule has 1 aromatic heterocycles. The van der Waals surface area contributed by atoms with Gasteiger partial charge in [0.05, 0.1) is 20.8 Å². The van der Waals surface area contributed by atoms with Gasteiger partial charge in [0.15, 0.2) is 11.5 Å². The van der Waals surface area contributed by atoms with Gasteiger partial charge in [-0.1, -0.05) is 51.2 Å². The Balaban J connectivity index is 1.60. The summed E-state index contributed by atoms with van der Waals surface area (Å²) in [4.78, 5) is 31.4. The average Bonchev–Trinajstić information content (AvgIpc) is 3.61. The van der Waals surface area contributed by atoms with Gasteiger partial charge in [0.25, 0.3) is 0 Å². The average molecular weight is 515 g/mol. The minimum atomic E-state index is 0.0204. The molecule has 1 aliphatic carbocycles. The van der Waals surface area contributed by atoms with Gasteiger partial charge in [-0.3, -0.25) is 9.59 Å². The molecular formula is C29H42N2O4S. The Labute approximate surface area is 220 Å². The minimum absolute atomic E-state index is 0.0204. The zero-order valence-electron chi connectivity index (χ0n) is 22.2. The SMILES string of the molecule is CCCCCCCCC(=O)N(CC(=O)N(CCc1ccc(OC)c(OC)c1)Cc1cccs1)C1CC1. The first-order valence-corrected chi connectivity index (χ1v) is 14.2. The predicted molar refractivity (Wildman–Crippen MR) is 146 cm³/mol. The standard InChI is InChI=1S/C29H42N2O4S/c1-4-5-6-7-8-9-12-28(32)31(24-14-15-24)22-29(33)30(21-25-11-10-19-36-25)18-17-23-13-16-26(34-2)27(20-23)35-3/h10-11,13,16,19-20,24H,4-9,12,14-15,17-18,21-22H2,1-3H3. The molecule has 3 rings (SSSR count).